The van der Waals surface area contributed by atoms with E-state index in [2.05, 4.69) is 22.0 Å². The summed E-state index contributed by atoms with van der Waals surface area (Å²) in [6.07, 6.45) is 3.90. The third-order valence-corrected chi connectivity index (χ3v) is 6.50. The van der Waals surface area contributed by atoms with Crippen LogP contribution in [0.15, 0.2) is 54.7 Å². The first-order chi connectivity index (χ1) is 14.5. The highest BCUT2D eigenvalue weighted by Crippen LogP contribution is 2.41. The molecule has 0 aliphatic carbocycles. The van der Waals surface area contributed by atoms with E-state index in [-0.39, 0.29) is 11.3 Å². The summed E-state index contributed by atoms with van der Waals surface area (Å²) in [7, 11) is 1.91. The molecule has 6 nitrogen and oxygen atoms in total. The number of benzene rings is 1. The van der Waals surface area contributed by atoms with E-state index in [4.69, 9.17) is 5.10 Å². The number of para-hydroxylation sites is 1. The summed E-state index contributed by atoms with van der Waals surface area (Å²) in [5.41, 5.74) is 4.82. The van der Waals surface area contributed by atoms with Crippen molar-refractivity contribution in [3.8, 4) is 5.69 Å². The van der Waals surface area contributed by atoms with Crippen molar-refractivity contribution in [1.82, 2.24) is 24.6 Å². The molecule has 1 aromatic carbocycles. The topological polar surface area (TPSA) is 54.3 Å². The number of hydrogen-bond donors (Lipinski definition) is 0. The summed E-state index contributed by atoms with van der Waals surface area (Å²) < 4.78 is 1.87. The Hall–Kier alpha value is -2.99. The van der Waals surface area contributed by atoms with Crippen LogP contribution in [0.25, 0.3) is 5.69 Å². The van der Waals surface area contributed by atoms with Crippen LogP contribution in [0.5, 0.6) is 0 Å². The van der Waals surface area contributed by atoms with Crippen molar-refractivity contribution in [3.63, 3.8) is 0 Å². The summed E-state index contributed by atoms with van der Waals surface area (Å²) in [5.74, 6) is 0.0733. The molecule has 0 radical (unpaired) electrons. The molecule has 0 saturated carbocycles. The van der Waals surface area contributed by atoms with E-state index in [1.165, 1.54) is 0 Å². The summed E-state index contributed by atoms with van der Waals surface area (Å²) >= 11 is 0. The zero-order valence-corrected chi connectivity index (χ0v) is 17.6. The number of amides is 1. The Labute approximate surface area is 177 Å². The SMILES string of the molecule is Cc1cccc(CN2CCC3(CC2)CN(C)C(=O)c2cn(-c4ccccc4)nc23)n1. The Bertz CT molecular complexity index is 1070. The summed E-state index contributed by atoms with van der Waals surface area (Å²) in [6, 6.07) is 16.3. The molecule has 2 aliphatic heterocycles. The average Bonchev–Trinajstić information content (AvgIpc) is 3.21. The van der Waals surface area contributed by atoms with Gasteiger partial charge in [-0.1, -0.05) is 24.3 Å². The zero-order valence-electron chi connectivity index (χ0n) is 17.6. The minimum absolute atomic E-state index is 0.0733. The molecule has 154 valence electrons. The number of carbonyl (C=O) groups is 1. The Morgan fingerprint density at radius 1 is 1.03 bits per heavy atom. The summed E-state index contributed by atoms with van der Waals surface area (Å²) in [6.45, 7) is 5.61. The number of likely N-dealkylation sites (tertiary alicyclic amines) is 1. The molecule has 2 aliphatic rings. The highest BCUT2D eigenvalue weighted by molar-refractivity contribution is 5.96. The third-order valence-electron chi connectivity index (χ3n) is 6.50. The monoisotopic (exact) mass is 401 g/mol. The Kier molecular flexibility index (Phi) is 4.66. The van der Waals surface area contributed by atoms with Gasteiger partial charge >= 0.3 is 0 Å². The van der Waals surface area contributed by atoms with Crippen molar-refractivity contribution < 1.29 is 4.79 Å². The van der Waals surface area contributed by atoms with E-state index in [1.807, 2.05) is 66.1 Å². The number of carbonyl (C=O) groups excluding carboxylic acids is 1. The van der Waals surface area contributed by atoms with E-state index in [9.17, 15) is 4.79 Å². The van der Waals surface area contributed by atoms with Gasteiger partial charge in [0, 0.05) is 37.4 Å². The molecule has 5 rings (SSSR count). The van der Waals surface area contributed by atoms with E-state index in [1.54, 1.807) is 0 Å². The first kappa shape index (κ1) is 19.0. The van der Waals surface area contributed by atoms with Crippen LogP contribution < -0.4 is 0 Å². The number of hydrogen-bond acceptors (Lipinski definition) is 4. The maximum Gasteiger partial charge on any atom is 0.257 e. The van der Waals surface area contributed by atoms with Crippen LogP contribution in [0.4, 0.5) is 0 Å². The van der Waals surface area contributed by atoms with Gasteiger partial charge in [-0.15, -0.1) is 0 Å². The summed E-state index contributed by atoms with van der Waals surface area (Å²) in [5, 5.41) is 4.94. The lowest BCUT2D eigenvalue weighted by Crippen LogP contribution is -2.53. The predicted octanol–water partition coefficient (Wildman–Crippen LogP) is 3.20. The molecule has 2 aromatic heterocycles. The molecular formula is C24H27N5O. The van der Waals surface area contributed by atoms with Gasteiger partial charge in [0.05, 0.1) is 22.6 Å². The number of aryl methyl sites for hydroxylation is 1. The molecule has 0 bridgehead atoms. The lowest BCUT2D eigenvalue weighted by Gasteiger charge is -2.45. The van der Waals surface area contributed by atoms with Crippen molar-refractivity contribution in [3.05, 3.63) is 77.4 Å². The second kappa shape index (κ2) is 7.36. The smallest absolute Gasteiger partial charge is 0.257 e. The minimum Gasteiger partial charge on any atom is -0.341 e. The van der Waals surface area contributed by atoms with E-state index < -0.39 is 0 Å². The molecule has 30 heavy (non-hydrogen) atoms. The Balaban J connectivity index is 1.41. The van der Waals surface area contributed by atoms with Crippen molar-refractivity contribution in [2.45, 2.75) is 31.7 Å². The van der Waals surface area contributed by atoms with Crippen LogP contribution in [-0.4, -0.2) is 57.2 Å². The van der Waals surface area contributed by atoms with Gasteiger partial charge in [-0.2, -0.15) is 5.10 Å². The summed E-state index contributed by atoms with van der Waals surface area (Å²) in [4.78, 5) is 21.9. The molecular weight excluding hydrogens is 374 g/mol. The van der Waals surface area contributed by atoms with Crippen LogP contribution >= 0.6 is 0 Å². The second-order valence-corrected chi connectivity index (χ2v) is 8.66. The quantitative estimate of drug-likeness (QED) is 0.676. The molecule has 0 unspecified atom stereocenters. The third kappa shape index (κ3) is 3.31. The van der Waals surface area contributed by atoms with Crippen molar-refractivity contribution in [2.75, 3.05) is 26.7 Å². The molecule has 4 heterocycles. The number of nitrogens with zero attached hydrogens (tertiary/aromatic N) is 5. The van der Waals surface area contributed by atoms with Gasteiger partial charge in [-0.3, -0.25) is 14.7 Å². The van der Waals surface area contributed by atoms with Crippen LogP contribution in [-0.2, 0) is 12.0 Å². The van der Waals surface area contributed by atoms with Gasteiger partial charge in [0.2, 0.25) is 0 Å². The number of fused-ring (bicyclic) bond motifs is 2. The van der Waals surface area contributed by atoms with Crippen LogP contribution in [0.2, 0.25) is 0 Å². The lowest BCUT2D eigenvalue weighted by atomic mass is 9.72. The van der Waals surface area contributed by atoms with E-state index in [0.29, 0.717) is 0 Å². The van der Waals surface area contributed by atoms with E-state index in [0.717, 1.165) is 67.4 Å². The highest BCUT2D eigenvalue weighted by Gasteiger charge is 2.46. The molecule has 0 N–H and O–H groups in total. The normalized spacial score (nSPS) is 18.6. The zero-order chi connectivity index (χ0) is 20.7. The fourth-order valence-electron chi connectivity index (χ4n) is 4.89. The minimum atomic E-state index is -0.0748. The largest absolute Gasteiger partial charge is 0.341 e. The molecule has 1 fully saturated rings. The number of rotatable bonds is 3. The maximum absolute atomic E-state index is 12.9. The van der Waals surface area contributed by atoms with E-state index >= 15 is 0 Å². The van der Waals surface area contributed by atoms with Gasteiger partial charge in [-0.05, 0) is 57.1 Å². The first-order valence-corrected chi connectivity index (χ1v) is 10.6. The Morgan fingerprint density at radius 3 is 2.53 bits per heavy atom. The van der Waals surface area contributed by atoms with Crippen LogP contribution in [0.1, 0.15) is 40.3 Å². The first-order valence-electron chi connectivity index (χ1n) is 10.6. The van der Waals surface area contributed by atoms with Gasteiger partial charge in [0.25, 0.3) is 5.91 Å². The number of likely N-dealkylation sites (N-methyl/N-ethyl adjacent to an activating group) is 1. The molecule has 3 aromatic rings. The van der Waals surface area contributed by atoms with Gasteiger partial charge in [0.15, 0.2) is 0 Å². The average molecular weight is 402 g/mol. The Morgan fingerprint density at radius 2 is 1.80 bits per heavy atom. The number of pyridine rings is 1. The van der Waals surface area contributed by atoms with Gasteiger partial charge in [0.1, 0.15) is 0 Å². The molecule has 6 heteroatoms. The molecule has 1 spiro atoms. The van der Waals surface area contributed by atoms with Crippen LogP contribution in [0.3, 0.4) is 0 Å². The predicted molar refractivity (Wildman–Crippen MR) is 116 cm³/mol. The maximum atomic E-state index is 12.9. The fraction of sp³-hybridized carbons (Fsp3) is 0.375. The number of piperidine rings is 1. The standard InChI is InChI=1S/C24H27N5O/c1-18-7-6-8-19(25-18)15-28-13-11-24(12-14-28)17-27(2)23(30)21-16-29(26-22(21)24)20-9-4-3-5-10-20/h3-10,16H,11-15,17H2,1-2H3. The van der Waals surface area contributed by atoms with Crippen molar-refractivity contribution in [1.29, 1.82) is 0 Å². The van der Waals surface area contributed by atoms with Crippen molar-refractivity contribution in [2.24, 2.45) is 0 Å². The molecule has 1 amide bonds. The van der Waals surface area contributed by atoms with Crippen LogP contribution in [0, 0.1) is 6.92 Å². The highest BCUT2D eigenvalue weighted by atomic mass is 16.2. The fourth-order valence-corrected chi connectivity index (χ4v) is 4.89. The van der Waals surface area contributed by atoms with Crippen molar-refractivity contribution >= 4 is 5.91 Å². The molecule has 1 saturated heterocycles. The van der Waals surface area contributed by atoms with Gasteiger partial charge in [-0.25, -0.2) is 4.68 Å². The second-order valence-electron chi connectivity index (χ2n) is 8.66. The molecule has 0 atom stereocenters. The lowest BCUT2D eigenvalue weighted by molar-refractivity contribution is 0.0627. The number of aromatic nitrogens is 3. The van der Waals surface area contributed by atoms with Gasteiger partial charge < -0.3 is 4.90 Å².